The molecule has 0 aromatic heterocycles. The number of hydrogen-bond acceptors (Lipinski definition) is 2. The molecule has 3 heteroatoms. The Bertz CT molecular complexity index is 409. The van der Waals surface area contributed by atoms with Crippen LogP contribution in [0, 0.1) is 17.2 Å². The molecule has 0 aliphatic heterocycles. The molecule has 0 bridgehead atoms. The number of rotatable bonds is 5. The summed E-state index contributed by atoms with van der Waals surface area (Å²) in [5, 5.41) is 9.45. The van der Waals surface area contributed by atoms with E-state index in [0.717, 1.165) is 18.7 Å². The Hall–Kier alpha value is -1.04. The van der Waals surface area contributed by atoms with Gasteiger partial charge in [-0.3, -0.25) is 0 Å². The second-order valence-electron chi connectivity index (χ2n) is 4.63. The van der Waals surface area contributed by atoms with E-state index in [1.807, 2.05) is 12.1 Å². The average Bonchev–Trinajstić information content (AvgIpc) is 2.31. The molecule has 17 heavy (non-hydrogen) atoms. The standard InChI is InChI=1S/C14H19ClN2/c1-4-11(2)9-17(3)10-13-6-5-12(8-16)7-14(13)15/h5-7,11H,4,9-10H2,1-3H3. The third kappa shape index (κ3) is 4.38. The van der Waals surface area contributed by atoms with Gasteiger partial charge >= 0.3 is 0 Å². The van der Waals surface area contributed by atoms with E-state index in [-0.39, 0.29) is 0 Å². The lowest BCUT2D eigenvalue weighted by atomic mass is 10.1. The molecule has 1 aromatic carbocycles. The van der Waals surface area contributed by atoms with Gasteiger partial charge in [0.05, 0.1) is 11.6 Å². The topological polar surface area (TPSA) is 27.0 Å². The molecule has 0 saturated heterocycles. The monoisotopic (exact) mass is 250 g/mol. The Balaban J connectivity index is 2.66. The Kier molecular flexibility index (Phi) is 5.47. The molecule has 1 rings (SSSR count). The molecule has 1 atom stereocenters. The highest BCUT2D eigenvalue weighted by molar-refractivity contribution is 6.31. The van der Waals surface area contributed by atoms with Crippen molar-refractivity contribution in [2.24, 2.45) is 5.92 Å². The molecule has 0 radical (unpaired) electrons. The summed E-state index contributed by atoms with van der Waals surface area (Å²) < 4.78 is 0. The Morgan fingerprint density at radius 1 is 1.47 bits per heavy atom. The van der Waals surface area contributed by atoms with Crippen molar-refractivity contribution < 1.29 is 0 Å². The predicted octanol–water partition coefficient (Wildman–Crippen LogP) is 3.69. The van der Waals surface area contributed by atoms with Crippen molar-refractivity contribution in [1.29, 1.82) is 5.26 Å². The largest absolute Gasteiger partial charge is 0.302 e. The zero-order chi connectivity index (χ0) is 12.8. The van der Waals surface area contributed by atoms with Gasteiger partial charge in [-0.2, -0.15) is 5.26 Å². The smallest absolute Gasteiger partial charge is 0.0992 e. The molecule has 1 unspecified atom stereocenters. The van der Waals surface area contributed by atoms with Crippen LogP contribution in [0.3, 0.4) is 0 Å². The fraction of sp³-hybridized carbons (Fsp3) is 0.500. The van der Waals surface area contributed by atoms with Crippen molar-refractivity contribution in [3.63, 3.8) is 0 Å². The van der Waals surface area contributed by atoms with Crippen molar-refractivity contribution >= 4 is 11.6 Å². The third-order valence-corrected chi connectivity index (χ3v) is 3.29. The molecule has 0 N–H and O–H groups in total. The Morgan fingerprint density at radius 2 is 2.18 bits per heavy atom. The van der Waals surface area contributed by atoms with Crippen LogP contribution in [0.2, 0.25) is 5.02 Å². The quantitative estimate of drug-likeness (QED) is 0.797. The minimum Gasteiger partial charge on any atom is -0.302 e. The van der Waals surface area contributed by atoms with Gasteiger partial charge in [0.25, 0.3) is 0 Å². The first kappa shape index (κ1) is 14.0. The highest BCUT2D eigenvalue weighted by Gasteiger charge is 2.08. The molecule has 92 valence electrons. The summed E-state index contributed by atoms with van der Waals surface area (Å²) in [6.07, 6.45) is 1.19. The van der Waals surface area contributed by atoms with Gasteiger partial charge in [0.2, 0.25) is 0 Å². The molecule has 0 heterocycles. The van der Waals surface area contributed by atoms with Crippen LogP contribution in [-0.4, -0.2) is 18.5 Å². The minimum absolute atomic E-state index is 0.614. The number of benzene rings is 1. The van der Waals surface area contributed by atoms with Crippen LogP contribution >= 0.6 is 11.6 Å². The molecule has 0 aliphatic rings. The lowest BCUT2D eigenvalue weighted by Crippen LogP contribution is -2.23. The van der Waals surface area contributed by atoms with E-state index in [1.165, 1.54) is 6.42 Å². The van der Waals surface area contributed by atoms with Crippen LogP contribution in [0.1, 0.15) is 31.4 Å². The van der Waals surface area contributed by atoms with Crippen molar-refractivity contribution in [3.05, 3.63) is 34.3 Å². The van der Waals surface area contributed by atoms with Gasteiger partial charge in [0.1, 0.15) is 0 Å². The highest BCUT2D eigenvalue weighted by Crippen LogP contribution is 2.19. The molecule has 0 spiro atoms. The van der Waals surface area contributed by atoms with E-state index in [4.69, 9.17) is 16.9 Å². The molecular weight excluding hydrogens is 232 g/mol. The minimum atomic E-state index is 0.614. The third-order valence-electron chi connectivity index (χ3n) is 2.94. The predicted molar refractivity (Wildman–Crippen MR) is 72.0 cm³/mol. The van der Waals surface area contributed by atoms with Crippen LogP contribution in [0.25, 0.3) is 0 Å². The normalized spacial score (nSPS) is 12.5. The maximum absolute atomic E-state index is 8.77. The van der Waals surface area contributed by atoms with Crippen molar-refractivity contribution in [2.45, 2.75) is 26.8 Å². The molecular formula is C14H19ClN2. The summed E-state index contributed by atoms with van der Waals surface area (Å²) in [7, 11) is 2.10. The van der Waals surface area contributed by atoms with Crippen molar-refractivity contribution in [1.82, 2.24) is 4.90 Å². The van der Waals surface area contributed by atoms with Crippen LogP contribution in [0.5, 0.6) is 0 Å². The highest BCUT2D eigenvalue weighted by atomic mass is 35.5. The summed E-state index contributed by atoms with van der Waals surface area (Å²) in [4.78, 5) is 2.27. The number of nitriles is 1. The fourth-order valence-corrected chi connectivity index (χ4v) is 2.00. The first-order valence-corrected chi connectivity index (χ1v) is 6.31. The van der Waals surface area contributed by atoms with Crippen LogP contribution in [0.4, 0.5) is 0 Å². The maximum atomic E-state index is 8.77. The first-order chi connectivity index (χ1) is 8.06. The van der Waals surface area contributed by atoms with E-state index >= 15 is 0 Å². The molecule has 0 aliphatic carbocycles. The van der Waals surface area contributed by atoms with Gasteiger partial charge in [-0.25, -0.2) is 0 Å². The molecule has 0 saturated carbocycles. The van der Waals surface area contributed by atoms with Gasteiger partial charge in [-0.05, 0) is 30.7 Å². The zero-order valence-corrected chi connectivity index (χ0v) is 11.5. The lowest BCUT2D eigenvalue weighted by Gasteiger charge is -2.21. The lowest BCUT2D eigenvalue weighted by molar-refractivity contribution is 0.275. The van der Waals surface area contributed by atoms with Gasteiger partial charge in [-0.15, -0.1) is 0 Å². The Morgan fingerprint density at radius 3 is 2.71 bits per heavy atom. The van der Waals surface area contributed by atoms with E-state index < -0.39 is 0 Å². The number of nitrogens with zero attached hydrogens (tertiary/aromatic N) is 2. The fourth-order valence-electron chi connectivity index (χ4n) is 1.76. The van der Waals surface area contributed by atoms with E-state index in [0.29, 0.717) is 16.5 Å². The van der Waals surface area contributed by atoms with Gasteiger partial charge in [0, 0.05) is 18.1 Å². The van der Waals surface area contributed by atoms with Crippen molar-refractivity contribution in [3.8, 4) is 6.07 Å². The SMILES string of the molecule is CCC(C)CN(C)Cc1ccc(C#N)cc1Cl. The zero-order valence-electron chi connectivity index (χ0n) is 10.7. The summed E-state index contributed by atoms with van der Waals surface area (Å²) in [5.74, 6) is 0.692. The van der Waals surface area contributed by atoms with Crippen molar-refractivity contribution in [2.75, 3.05) is 13.6 Å². The van der Waals surface area contributed by atoms with E-state index in [2.05, 4.69) is 31.9 Å². The summed E-state index contributed by atoms with van der Waals surface area (Å²) in [5.41, 5.74) is 1.69. The van der Waals surface area contributed by atoms with Crippen LogP contribution in [-0.2, 0) is 6.54 Å². The molecule has 0 fully saturated rings. The van der Waals surface area contributed by atoms with Crippen LogP contribution < -0.4 is 0 Å². The van der Waals surface area contributed by atoms with E-state index in [9.17, 15) is 0 Å². The molecule has 1 aromatic rings. The maximum Gasteiger partial charge on any atom is 0.0992 e. The number of hydrogen-bond donors (Lipinski definition) is 0. The van der Waals surface area contributed by atoms with E-state index in [1.54, 1.807) is 6.07 Å². The summed E-state index contributed by atoms with van der Waals surface area (Å²) in [6.45, 7) is 6.34. The summed E-state index contributed by atoms with van der Waals surface area (Å²) >= 11 is 6.14. The second-order valence-corrected chi connectivity index (χ2v) is 5.04. The Labute approximate surface area is 109 Å². The van der Waals surface area contributed by atoms with Gasteiger partial charge in [-0.1, -0.05) is 37.9 Å². The van der Waals surface area contributed by atoms with Gasteiger partial charge < -0.3 is 4.90 Å². The van der Waals surface area contributed by atoms with Gasteiger partial charge in [0.15, 0.2) is 0 Å². The average molecular weight is 251 g/mol. The first-order valence-electron chi connectivity index (χ1n) is 5.93. The second kappa shape index (κ2) is 6.64. The molecule has 0 amide bonds. The summed E-state index contributed by atoms with van der Waals surface area (Å²) in [6, 6.07) is 7.58. The molecule has 2 nitrogen and oxygen atoms in total. The van der Waals surface area contributed by atoms with Crippen LogP contribution in [0.15, 0.2) is 18.2 Å². The number of halogens is 1.